The maximum Gasteiger partial charge on any atom is 0.340 e. The van der Waals surface area contributed by atoms with Crippen LogP contribution >= 0.6 is 0 Å². The number of aromatic nitrogens is 2. The number of primary amides is 1. The van der Waals surface area contributed by atoms with Crippen LogP contribution in [-0.4, -0.2) is 41.0 Å². The molecule has 1 radical (unpaired) electrons. The van der Waals surface area contributed by atoms with Crippen LogP contribution in [0.3, 0.4) is 0 Å². The highest BCUT2D eigenvalue weighted by molar-refractivity contribution is 5.96. The summed E-state index contributed by atoms with van der Waals surface area (Å²) in [5.74, 6) is -0.423. The zero-order valence-electron chi connectivity index (χ0n) is 8.69. The first-order chi connectivity index (χ1) is 7.58. The molecule has 7 nitrogen and oxygen atoms in total. The van der Waals surface area contributed by atoms with Crippen LogP contribution in [0.1, 0.15) is 16.2 Å². The van der Waals surface area contributed by atoms with Gasteiger partial charge in [-0.25, -0.2) is 4.79 Å². The van der Waals surface area contributed by atoms with Gasteiger partial charge in [0.05, 0.1) is 24.9 Å². The van der Waals surface area contributed by atoms with Crippen LogP contribution < -0.4 is 11.1 Å². The minimum atomic E-state index is -0.806. The minimum absolute atomic E-state index is 0.0163. The molecule has 3 N–H and O–H groups in total. The van der Waals surface area contributed by atoms with Crippen molar-refractivity contribution in [3.05, 3.63) is 17.5 Å². The molecule has 2 rings (SSSR count). The molecule has 1 fully saturated rings. The van der Waals surface area contributed by atoms with Crippen molar-refractivity contribution in [2.75, 3.05) is 13.2 Å². The summed E-state index contributed by atoms with van der Waals surface area (Å²) >= 11 is 0. The van der Waals surface area contributed by atoms with Gasteiger partial charge in [-0.05, 0) is 6.92 Å². The SMILES string of the molecule is Cc1[c]c(C(=O)NC2COC2)n(C(N)=O)n1. The first-order valence-electron chi connectivity index (χ1n) is 4.75. The Morgan fingerprint density at radius 3 is 2.81 bits per heavy atom. The fourth-order valence-electron chi connectivity index (χ4n) is 1.33. The van der Waals surface area contributed by atoms with Crippen LogP contribution in [0, 0.1) is 13.0 Å². The summed E-state index contributed by atoms with van der Waals surface area (Å²) in [5.41, 5.74) is 5.54. The second-order valence-electron chi connectivity index (χ2n) is 3.52. The summed E-state index contributed by atoms with van der Waals surface area (Å²) in [6, 6.07) is 1.86. The molecule has 0 spiro atoms. The van der Waals surface area contributed by atoms with Crippen molar-refractivity contribution in [2.24, 2.45) is 5.73 Å². The molecule has 1 saturated heterocycles. The van der Waals surface area contributed by atoms with E-state index >= 15 is 0 Å². The van der Waals surface area contributed by atoms with Crippen molar-refractivity contribution < 1.29 is 14.3 Å². The molecule has 16 heavy (non-hydrogen) atoms. The standard InChI is InChI=1S/C9H11N4O3/c1-5-2-7(13(12-5)9(10)15)8(14)11-6-3-16-4-6/h6H,3-4H2,1H3,(H2,10,15)(H,11,14). The van der Waals surface area contributed by atoms with Crippen molar-refractivity contribution in [3.8, 4) is 0 Å². The van der Waals surface area contributed by atoms with E-state index in [0.717, 1.165) is 4.68 Å². The highest BCUT2D eigenvalue weighted by Crippen LogP contribution is 2.05. The lowest BCUT2D eigenvalue weighted by Crippen LogP contribution is -2.49. The van der Waals surface area contributed by atoms with Crippen LogP contribution in [0.2, 0.25) is 0 Å². The lowest BCUT2D eigenvalue weighted by atomic mass is 10.2. The van der Waals surface area contributed by atoms with Crippen molar-refractivity contribution >= 4 is 11.9 Å². The number of hydrogen-bond acceptors (Lipinski definition) is 4. The third-order valence-electron chi connectivity index (χ3n) is 2.16. The normalized spacial score (nSPS) is 15.6. The predicted octanol–water partition coefficient (Wildman–Crippen LogP) is -0.953. The zero-order valence-corrected chi connectivity index (χ0v) is 8.69. The lowest BCUT2D eigenvalue weighted by molar-refractivity contribution is -0.00360. The molecule has 1 aromatic rings. The van der Waals surface area contributed by atoms with Gasteiger partial charge in [-0.2, -0.15) is 9.78 Å². The van der Waals surface area contributed by atoms with Gasteiger partial charge in [0.1, 0.15) is 5.69 Å². The molecule has 1 aromatic heterocycles. The van der Waals surface area contributed by atoms with Gasteiger partial charge in [-0.15, -0.1) is 0 Å². The van der Waals surface area contributed by atoms with Crippen LogP contribution in [0.25, 0.3) is 0 Å². The van der Waals surface area contributed by atoms with E-state index in [4.69, 9.17) is 10.5 Å². The summed E-state index contributed by atoms with van der Waals surface area (Å²) in [4.78, 5) is 22.7. The fraction of sp³-hybridized carbons (Fsp3) is 0.444. The number of carbonyl (C=O) groups is 2. The van der Waals surface area contributed by atoms with Gasteiger partial charge in [0.2, 0.25) is 0 Å². The number of carbonyl (C=O) groups excluding carboxylic acids is 2. The quantitative estimate of drug-likeness (QED) is 0.675. The Hall–Kier alpha value is -1.89. The monoisotopic (exact) mass is 223 g/mol. The Balaban J connectivity index is 2.17. The Bertz CT molecular complexity index is 436. The summed E-state index contributed by atoms with van der Waals surface area (Å²) in [5, 5.41) is 6.45. The smallest absolute Gasteiger partial charge is 0.340 e. The molecular weight excluding hydrogens is 212 g/mol. The third-order valence-corrected chi connectivity index (χ3v) is 2.16. The molecule has 1 aliphatic heterocycles. The number of aryl methyl sites for hydroxylation is 1. The molecule has 7 heteroatoms. The number of amides is 2. The lowest BCUT2D eigenvalue weighted by Gasteiger charge is -2.26. The summed E-state index contributed by atoms with van der Waals surface area (Å²) in [6.07, 6.45) is 0. The van der Waals surface area contributed by atoms with Gasteiger partial charge in [0, 0.05) is 6.07 Å². The van der Waals surface area contributed by atoms with Gasteiger partial charge < -0.3 is 15.8 Å². The molecule has 1 aliphatic rings. The van der Waals surface area contributed by atoms with Crippen molar-refractivity contribution in [1.82, 2.24) is 15.1 Å². The first kappa shape index (κ1) is 10.6. The Labute approximate surface area is 91.5 Å². The third kappa shape index (κ3) is 1.89. The molecule has 0 aromatic carbocycles. The Kier molecular flexibility index (Phi) is 2.61. The molecule has 2 amide bonds. The molecule has 0 aliphatic carbocycles. The van der Waals surface area contributed by atoms with E-state index < -0.39 is 11.9 Å². The van der Waals surface area contributed by atoms with E-state index in [1.54, 1.807) is 6.92 Å². The van der Waals surface area contributed by atoms with E-state index in [9.17, 15) is 9.59 Å². The molecule has 85 valence electrons. The minimum Gasteiger partial charge on any atom is -0.377 e. The van der Waals surface area contributed by atoms with E-state index in [1.165, 1.54) is 0 Å². The molecule has 0 atom stereocenters. The van der Waals surface area contributed by atoms with Gasteiger partial charge in [-0.3, -0.25) is 4.79 Å². The van der Waals surface area contributed by atoms with E-state index in [1.807, 2.05) is 0 Å². The fourth-order valence-corrected chi connectivity index (χ4v) is 1.33. The van der Waals surface area contributed by atoms with E-state index in [2.05, 4.69) is 16.5 Å². The second kappa shape index (κ2) is 3.93. The highest BCUT2D eigenvalue weighted by atomic mass is 16.5. The summed E-state index contributed by atoms with van der Waals surface area (Å²) in [6.45, 7) is 2.59. The van der Waals surface area contributed by atoms with Gasteiger partial charge >= 0.3 is 6.03 Å². The molecule has 0 saturated carbocycles. The molecular formula is C9H11N4O3. The topological polar surface area (TPSA) is 99.2 Å². The van der Waals surface area contributed by atoms with Crippen LogP contribution in [-0.2, 0) is 4.74 Å². The van der Waals surface area contributed by atoms with E-state index in [0.29, 0.717) is 18.9 Å². The molecule has 0 unspecified atom stereocenters. The number of hydrogen-bond donors (Lipinski definition) is 2. The average molecular weight is 223 g/mol. The molecule has 0 bridgehead atoms. The maximum absolute atomic E-state index is 11.7. The van der Waals surface area contributed by atoms with Crippen LogP contribution in [0.4, 0.5) is 4.79 Å². The van der Waals surface area contributed by atoms with Crippen LogP contribution in [0.5, 0.6) is 0 Å². The van der Waals surface area contributed by atoms with Gasteiger partial charge in [-0.1, -0.05) is 0 Å². The van der Waals surface area contributed by atoms with Crippen molar-refractivity contribution in [3.63, 3.8) is 0 Å². The second-order valence-corrected chi connectivity index (χ2v) is 3.52. The number of rotatable bonds is 2. The zero-order chi connectivity index (χ0) is 11.7. The Morgan fingerprint density at radius 1 is 1.62 bits per heavy atom. The van der Waals surface area contributed by atoms with Gasteiger partial charge in [0.25, 0.3) is 5.91 Å². The largest absolute Gasteiger partial charge is 0.377 e. The Morgan fingerprint density at radius 2 is 2.31 bits per heavy atom. The van der Waals surface area contributed by atoms with Crippen LogP contribution in [0.15, 0.2) is 0 Å². The van der Waals surface area contributed by atoms with Crippen molar-refractivity contribution in [1.29, 1.82) is 0 Å². The maximum atomic E-state index is 11.7. The number of nitrogens with two attached hydrogens (primary N) is 1. The summed E-state index contributed by atoms with van der Waals surface area (Å²) in [7, 11) is 0. The van der Waals surface area contributed by atoms with Gasteiger partial charge in [0.15, 0.2) is 0 Å². The average Bonchev–Trinajstić information content (AvgIpc) is 2.53. The van der Waals surface area contributed by atoms with E-state index in [-0.39, 0.29) is 11.7 Å². The summed E-state index contributed by atoms with van der Waals surface area (Å²) < 4.78 is 5.75. The molecule has 2 heterocycles. The number of nitrogens with one attached hydrogen (secondary N) is 1. The first-order valence-corrected chi connectivity index (χ1v) is 4.75. The number of ether oxygens (including phenoxy) is 1. The number of nitrogens with zero attached hydrogens (tertiary/aromatic N) is 2. The van der Waals surface area contributed by atoms with Crippen molar-refractivity contribution in [2.45, 2.75) is 13.0 Å². The highest BCUT2D eigenvalue weighted by Gasteiger charge is 2.24. The predicted molar refractivity (Wildman–Crippen MR) is 52.9 cm³/mol.